The van der Waals surface area contributed by atoms with Crippen LogP contribution in [0, 0.1) is 0 Å². The van der Waals surface area contributed by atoms with Crippen molar-refractivity contribution in [3.05, 3.63) is 0 Å². The molecule has 0 unspecified atom stereocenters. The maximum absolute atomic E-state index is 10.2. The number of carboxylic acid groups (broad SMARTS) is 1. The second kappa shape index (κ2) is 37.0. The molecule has 0 aromatic rings. The van der Waals surface area contributed by atoms with E-state index in [4.69, 9.17) is 15.3 Å². The Morgan fingerprint density at radius 1 is 0.727 bits per heavy atom. The number of hydrazine groups is 1. The van der Waals surface area contributed by atoms with Gasteiger partial charge in [-0.15, -0.1) is 0 Å². The van der Waals surface area contributed by atoms with Gasteiger partial charge in [-0.3, -0.25) is 16.5 Å². The average Bonchev–Trinajstić information content (AvgIpc) is 2.49. The van der Waals surface area contributed by atoms with Crippen LogP contribution in [0.1, 0.15) is 85.0 Å². The van der Waals surface area contributed by atoms with Crippen molar-refractivity contribution < 1.29 is 20.1 Å². The van der Waals surface area contributed by atoms with Crippen LogP contribution < -0.4 is 11.7 Å². The van der Waals surface area contributed by atoms with Gasteiger partial charge < -0.3 is 15.3 Å². The van der Waals surface area contributed by atoms with Gasteiger partial charge in [-0.25, -0.2) is 0 Å². The molecule has 0 aliphatic carbocycles. The quantitative estimate of drug-likeness (QED) is 0.239. The van der Waals surface area contributed by atoms with E-state index in [9.17, 15) is 4.79 Å². The van der Waals surface area contributed by atoms with Crippen LogP contribution in [0.3, 0.4) is 0 Å². The lowest BCUT2D eigenvalue weighted by molar-refractivity contribution is -0.137. The van der Waals surface area contributed by atoms with Crippen LogP contribution in [0.2, 0.25) is 0 Å². The lowest BCUT2D eigenvalue weighted by Gasteiger charge is -2.00. The van der Waals surface area contributed by atoms with Crippen LogP contribution in [-0.2, 0) is 4.79 Å². The van der Waals surface area contributed by atoms with Crippen molar-refractivity contribution in [2.45, 2.75) is 85.0 Å². The number of aliphatic hydroxyl groups is 2. The maximum Gasteiger partial charge on any atom is 0.303 e. The van der Waals surface area contributed by atoms with Crippen molar-refractivity contribution in [3.63, 3.8) is 0 Å². The zero-order valence-electron chi connectivity index (χ0n) is 14.9. The zero-order valence-corrected chi connectivity index (χ0v) is 14.9. The molecule has 0 spiro atoms. The van der Waals surface area contributed by atoms with E-state index in [-0.39, 0.29) is 13.2 Å². The number of rotatable bonds is 10. The molecule has 6 nitrogen and oxygen atoms in total. The molecule has 22 heavy (non-hydrogen) atoms. The molecule has 0 amide bonds. The summed E-state index contributed by atoms with van der Waals surface area (Å²) in [6.45, 7) is 6.09. The van der Waals surface area contributed by atoms with Gasteiger partial charge in [0.15, 0.2) is 0 Å². The molecule has 0 bridgehead atoms. The normalized spacial score (nSPS) is 8.50. The summed E-state index contributed by atoms with van der Waals surface area (Å²) in [4.78, 5) is 10.2. The molecule has 0 aromatic carbocycles. The largest absolute Gasteiger partial charge is 0.481 e. The second-order valence-corrected chi connectivity index (χ2v) is 4.60. The molecular weight excluding hydrogens is 284 g/mol. The molecule has 0 aromatic heterocycles. The van der Waals surface area contributed by atoms with Gasteiger partial charge in [-0.2, -0.15) is 0 Å². The molecule has 7 N–H and O–H groups in total. The van der Waals surface area contributed by atoms with E-state index in [0.717, 1.165) is 12.8 Å². The SMILES string of the molecule is CCCCCCCCCCCC(=O)O.CCO.CCO.NN. The number of carbonyl (C=O) groups is 1. The fraction of sp³-hybridized carbons (Fsp3) is 0.938. The van der Waals surface area contributed by atoms with Crippen LogP contribution in [0.4, 0.5) is 0 Å². The first-order valence-corrected chi connectivity index (χ1v) is 8.37. The van der Waals surface area contributed by atoms with Crippen molar-refractivity contribution >= 4 is 5.97 Å². The van der Waals surface area contributed by atoms with Gasteiger partial charge in [0.25, 0.3) is 0 Å². The summed E-state index contributed by atoms with van der Waals surface area (Å²) in [5.41, 5.74) is 0. The second-order valence-electron chi connectivity index (χ2n) is 4.60. The molecule has 0 aliphatic heterocycles. The molecule has 0 saturated heterocycles. The first kappa shape index (κ1) is 29.3. The Morgan fingerprint density at radius 3 is 1.27 bits per heavy atom. The molecule has 0 fully saturated rings. The summed E-state index contributed by atoms with van der Waals surface area (Å²) in [5.74, 6) is 7.34. The summed E-state index contributed by atoms with van der Waals surface area (Å²) in [6, 6.07) is 0. The molecule has 6 heteroatoms. The summed E-state index contributed by atoms with van der Waals surface area (Å²) >= 11 is 0. The van der Waals surface area contributed by atoms with E-state index < -0.39 is 5.97 Å². The summed E-state index contributed by atoms with van der Waals surface area (Å²) < 4.78 is 0. The number of unbranched alkanes of at least 4 members (excludes halogenated alkanes) is 8. The van der Waals surface area contributed by atoms with Crippen LogP contribution in [0.25, 0.3) is 0 Å². The zero-order chi connectivity index (χ0) is 18.1. The Hall–Kier alpha value is -0.690. The number of carboxylic acids is 1. The van der Waals surface area contributed by atoms with Gasteiger partial charge in [0.05, 0.1) is 0 Å². The highest BCUT2D eigenvalue weighted by atomic mass is 16.4. The molecular formula is C16H40N2O4. The lowest BCUT2D eigenvalue weighted by Crippen LogP contribution is -2.02. The highest BCUT2D eigenvalue weighted by Gasteiger charge is 1.96. The Morgan fingerprint density at radius 2 is 1.00 bits per heavy atom. The molecule has 0 rings (SSSR count). The van der Waals surface area contributed by atoms with Gasteiger partial charge in [-0.05, 0) is 20.3 Å². The van der Waals surface area contributed by atoms with Gasteiger partial charge in [-0.1, -0.05) is 58.3 Å². The third-order valence-corrected chi connectivity index (χ3v) is 2.49. The Labute approximate surface area is 136 Å². The summed E-state index contributed by atoms with van der Waals surface area (Å²) in [7, 11) is 0. The maximum atomic E-state index is 10.2. The summed E-state index contributed by atoms with van der Waals surface area (Å²) in [5, 5.41) is 23.6. The molecule has 138 valence electrons. The number of aliphatic carboxylic acids is 1. The van der Waals surface area contributed by atoms with Gasteiger partial charge in [0.1, 0.15) is 0 Å². The first-order valence-electron chi connectivity index (χ1n) is 8.37. The smallest absolute Gasteiger partial charge is 0.303 e. The number of aliphatic hydroxyl groups excluding tert-OH is 2. The lowest BCUT2D eigenvalue weighted by atomic mass is 10.1. The fourth-order valence-corrected chi connectivity index (χ4v) is 1.59. The van der Waals surface area contributed by atoms with Crippen LogP contribution in [0.15, 0.2) is 0 Å². The van der Waals surface area contributed by atoms with Crippen molar-refractivity contribution in [2.24, 2.45) is 11.7 Å². The Bertz CT molecular complexity index is 168. The van der Waals surface area contributed by atoms with Crippen molar-refractivity contribution in [1.29, 1.82) is 0 Å². The molecule has 0 heterocycles. The van der Waals surface area contributed by atoms with Gasteiger partial charge in [0.2, 0.25) is 0 Å². The van der Waals surface area contributed by atoms with E-state index in [2.05, 4.69) is 18.6 Å². The Balaban J connectivity index is -0.000000170. The minimum absolute atomic E-state index is 0.250. The molecule has 0 aliphatic rings. The predicted octanol–water partition coefficient (Wildman–Crippen LogP) is 2.81. The van der Waals surface area contributed by atoms with E-state index in [1.165, 1.54) is 44.9 Å². The molecule has 0 atom stereocenters. The van der Waals surface area contributed by atoms with Gasteiger partial charge >= 0.3 is 5.97 Å². The molecule has 0 radical (unpaired) electrons. The van der Waals surface area contributed by atoms with Crippen molar-refractivity contribution in [3.8, 4) is 0 Å². The van der Waals surface area contributed by atoms with E-state index >= 15 is 0 Å². The van der Waals surface area contributed by atoms with Crippen molar-refractivity contribution in [1.82, 2.24) is 0 Å². The Kier molecular flexibility index (Phi) is 49.3. The van der Waals surface area contributed by atoms with Crippen LogP contribution >= 0.6 is 0 Å². The highest BCUT2D eigenvalue weighted by molar-refractivity contribution is 5.66. The standard InChI is InChI=1S/C12H24O2.2C2H6O.H4N2/c1-2-3-4-5-6-7-8-9-10-11-12(13)14;2*1-2-3;1-2/h2-11H2,1H3,(H,13,14);2*3H,2H2,1H3;1-2H2. The fourth-order valence-electron chi connectivity index (χ4n) is 1.59. The van der Waals surface area contributed by atoms with Gasteiger partial charge in [0, 0.05) is 19.6 Å². The van der Waals surface area contributed by atoms with E-state index in [1.807, 2.05) is 0 Å². The topological polar surface area (TPSA) is 130 Å². The average molecular weight is 325 g/mol. The minimum Gasteiger partial charge on any atom is -0.481 e. The number of hydrogen-bond acceptors (Lipinski definition) is 5. The van der Waals surface area contributed by atoms with E-state index in [0.29, 0.717) is 6.42 Å². The third-order valence-electron chi connectivity index (χ3n) is 2.49. The highest BCUT2D eigenvalue weighted by Crippen LogP contribution is 2.10. The number of hydrogen-bond donors (Lipinski definition) is 5. The minimum atomic E-state index is -0.659. The van der Waals surface area contributed by atoms with Crippen LogP contribution in [0.5, 0.6) is 0 Å². The third kappa shape index (κ3) is 60.9. The van der Waals surface area contributed by atoms with Crippen molar-refractivity contribution in [2.75, 3.05) is 13.2 Å². The first-order chi connectivity index (χ1) is 10.6. The van der Waals surface area contributed by atoms with E-state index in [1.54, 1.807) is 13.8 Å². The monoisotopic (exact) mass is 324 g/mol. The number of nitrogens with two attached hydrogens (primary N) is 2. The van der Waals surface area contributed by atoms with Crippen LogP contribution in [-0.4, -0.2) is 34.5 Å². The summed E-state index contributed by atoms with van der Waals surface area (Å²) in [6.07, 6.45) is 11.5. The predicted molar refractivity (Wildman–Crippen MR) is 93.4 cm³/mol. The molecule has 0 saturated carbocycles.